The number of rotatable bonds is 0. The van der Waals surface area contributed by atoms with Crippen molar-refractivity contribution in [1.29, 1.82) is 0 Å². The minimum absolute atomic E-state index is 0. The van der Waals surface area contributed by atoms with Gasteiger partial charge in [0.2, 0.25) is 0 Å². The Morgan fingerprint density at radius 2 is 0.760 bits per heavy atom. The Hall–Kier alpha value is -2.24. The van der Waals surface area contributed by atoms with E-state index in [9.17, 15) is 0 Å². The van der Waals surface area contributed by atoms with Crippen molar-refractivity contribution >= 4 is 23.9 Å². The SMILES string of the molecule is CC(=O)O.CC(=O)O.CC(=O)O.CC(=O)O.N[C@H]1CCCC[C@@H]1N.O. The molecular formula is C14H32N2O9. The monoisotopic (exact) mass is 372 g/mol. The van der Waals surface area contributed by atoms with E-state index in [-0.39, 0.29) is 17.6 Å². The highest BCUT2D eigenvalue weighted by molar-refractivity contribution is 5.63. The molecule has 0 saturated heterocycles. The van der Waals surface area contributed by atoms with E-state index in [1.165, 1.54) is 12.8 Å². The smallest absolute Gasteiger partial charge is 0.300 e. The van der Waals surface area contributed by atoms with Gasteiger partial charge >= 0.3 is 0 Å². The second-order valence-electron chi connectivity index (χ2n) is 4.69. The molecule has 2 atom stereocenters. The van der Waals surface area contributed by atoms with Gasteiger partial charge in [-0.15, -0.1) is 0 Å². The topological polar surface area (TPSA) is 233 Å². The Morgan fingerprint density at radius 1 is 0.640 bits per heavy atom. The first kappa shape index (κ1) is 34.2. The molecule has 1 fully saturated rings. The summed E-state index contributed by atoms with van der Waals surface area (Å²) in [7, 11) is 0. The summed E-state index contributed by atoms with van der Waals surface area (Å²) in [6, 6.07) is 0.562. The maximum atomic E-state index is 9.00. The van der Waals surface area contributed by atoms with Crippen LogP contribution in [0.1, 0.15) is 53.4 Å². The Balaban J connectivity index is -0.0000000695. The van der Waals surface area contributed by atoms with Gasteiger partial charge in [-0.2, -0.15) is 0 Å². The second-order valence-corrected chi connectivity index (χ2v) is 4.69. The van der Waals surface area contributed by atoms with E-state index in [1.54, 1.807) is 0 Å². The number of carboxylic acids is 4. The minimum atomic E-state index is -0.833. The third-order valence-corrected chi connectivity index (χ3v) is 1.87. The van der Waals surface area contributed by atoms with Crippen LogP contribution < -0.4 is 11.5 Å². The second kappa shape index (κ2) is 24.0. The summed E-state index contributed by atoms with van der Waals surface area (Å²) < 4.78 is 0. The molecule has 11 nitrogen and oxygen atoms in total. The highest BCUT2D eigenvalue weighted by Crippen LogP contribution is 2.14. The fourth-order valence-corrected chi connectivity index (χ4v) is 1.19. The first-order chi connectivity index (χ1) is 10.7. The lowest BCUT2D eigenvalue weighted by molar-refractivity contribution is -0.135. The van der Waals surface area contributed by atoms with Gasteiger partial charge < -0.3 is 37.4 Å². The van der Waals surface area contributed by atoms with Gasteiger partial charge in [-0.3, -0.25) is 19.2 Å². The van der Waals surface area contributed by atoms with E-state index >= 15 is 0 Å². The predicted octanol–water partition coefficient (Wildman–Crippen LogP) is -0.246. The molecule has 0 aromatic heterocycles. The third-order valence-electron chi connectivity index (χ3n) is 1.87. The van der Waals surface area contributed by atoms with Crippen LogP contribution in [0, 0.1) is 0 Å². The van der Waals surface area contributed by atoms with Gasteiger partial charge in [-0.05, 0) is 12.8 Å². The molecule has 1 rings (SSSR count). The molecule has 0 amide bonds. The molecule has 0 spiro atoms. The molecule has 0 aromatic rings. The van der Waals surface area contributed by atoms with E-state index in [1.807, 2.05) is 0 Å². The highest BCUT2D eigenvalue weighted by atomic mass is 16.4. The number of carbonyl (C=O) groups is 4. The fraction of sp³-hybridized carbons (Fsp3) is 0.714. The highest BCUT2D eigenvalue weighted by Gasteiger charge is 2.16. The summed E-state index contributed by atoms with van der Waals surface area (Å²) in [5.41, 5.74) is 11.3. The fourth-order valence-electron chi connectivity index (χ4n) is 1.19. The molecule has 1 aliphatic rings. The van der Waals surface area contributed by atoms with Crippen molar-refractivity contribution in [2.45, 2.75) is 65.5 Å². The minimum Gasteiger partial charge on any atom is -0.481 e. The maximum absolute atomic E-state index is 9.00. The lowest BCUT2D eigenvalue weighted by Gasteiger charge is -2.24. The van der Waals surface area contributed by atoms with Gasteiger partial charge in [0.25, 0.3) is 23.9 Å². The van der Waals surface area contributed by atoms with Crippen molar-refractivity contribution in [3.05, 3.63) is 0 Å². The third kappa shape index (κ3) is 111. The average molecular weight is 372 g/mol. The van der Waals surface area contributed by atoms with Crippen LogP contribution in [0.5, 0.6) is 0 Å². The lowest BCUT2D eigenvalue weighted by atomic mass is 9.92. The van der Waals surface area contributed by atoms with Gasteiger partial charge in [0.15, 0.2) is 0 Å². The standard InChI is InChI=1S/C6H14N2.4C2H4O2.H2O/c7-5-3-1-2-4-6(5)8;4*1-2(3)4;/h5-6H,1-4,7-8H2;4*1H3,(H,3,4);1H2/t5-,6-;;;;;/m0...../s1. The Morgan fingerprint density at radius 3 is 0.840 bits per heavy atom. The van der Waals surface area contributed by atoms with Gasteiger partial charge in [0, 0.05) is 39.8 Å². The molecule has 0 heterocycles. The summed E-state index contributed by atoms with van der Waals surface area (Å²) in [5.74, 6) is -3.33. The Kier molecular flexibility index (Phi) is 32.8. The number of carboxylic acid groups (broad SMARTS) is 4. The molecular weight excluding hydrogens is 340 g/mol. The summed E-state index contributed by atoms with van der Waals surface area (Å²) >= 11 is 0. The quantitative estimate of drug-likeness (QED) is 0.326. The first-order valence-electron chi connectivity index (χ1n) is 7.03. The Labute approximate surface area is 146 Å². The zero-order valence-electron chi connectivity index (χ0n) is 15.1. The van der Waals surface area contributed by atoms with Gasteiger partial charge in [0.05, 0.1) is 0 Å². The van der Waals surface area contributed by atoms with Gasteiger partial charge in [0.1, 0.15) is 0 Å². The largest absolute Gasteiger partial charge is 0.481 e. The van der Waals surface area contributed by atoms with Crippen molar-refractivity contribution in [1.82, 2.24) is 0 Å². The molecule has 0 unspecified atom stereocenters. The van der Waals surface area contributed by atoms with Crippen LogP contribution >= 0.6 is 0 Å². The molecule has 0 aromatic carbocycles. The van der Waals surface area contributed by atoms with E-state index in [4.69, 9.17) is 51.1 Å². The molecule has 0 aliphatic heterocycles. The lowest BCUT2D eigenvalue weighted by Crippen LogP contribution is -2.43. The van der Waals surface area contributed by atoms with E-state index in [2.05, 4.69) is 0 Å². The molecule has 152 valence electrons. The van der Waals surface area contributed by atoms with E-state index < -0.39 is 23.9 Å². The average Bonchev–Trinajstić information content (AvgIpc) is 2.30. The van der Waals surface area contributed by atoms with E-state index in [0.717, 1.165) is 40.5 Å². The van der Waals surface area contributed by atoms with Crippen LogP contribution in [-0.2, 0) is 19.2 Å². The van der Waals surface area contributed by atoms with Crippen molar-refractivity contribution in [3.63, 3.8) is 0 Å². The summed E-state index contributed by atoms with van der Waals surface area (Å²) in [5, 5.41) is 29.7. The maximum Gasteiger partial charge on any atom is 0.300 e. The molecule has 11 heteroatoms. The normalized spacial score (nSPS) is 16.7. The van der Waals surface area contributed by atoms with Crippen molar-refractivity contribution < 1.29 is 45.1 Å². The summed E-state index contributed by atoms with van der Waals surface area (Å²) in [4.78, 5) is 36.0. The van der Waals surface area contributed by atoms with Crippen LogP contribution in [0.4, 0.5) is 0 Å². The summed E-state index contributed by atoms with van der Waals surface area (Å²) in [6.07, 6.45) is 4.80. The van der Waals surface area contributed by atoms with Crippen LogP contribution in [0.2, 0.25) is 0 Å². The zero-order chi connectivity index (χ0) is 20.3. The zero-order valence-corrected chi connectivity index (χ0v) is 15.1. The predicted molar refractivity (Wildman–Crippen MR) is 91.3 cm³/mol. The van der Waals surface area contributed by atoms with Crippen LogP contribution in [0.25, 0.3) is 0 Å². The molecule has 25 heavy (non-hydrogen) atoms. The summed E-state index contributed by atoms with van der Waals surface area (Å²) in [6.45, 7) is 4.33. The van der Waals surface area contributed by atoms with Crippen LogP contribution in [0.3, 0.4) is 0 Å². The Bertz CT molecular complexity index is 288. The van der Waals surface area contributed by atoms with Crippen LogP contribution in [-0.4, -0.2) is 61.9 Å². The molecule has 1 saturated carbocycles. The number of nitrogens with two attached hydrogens (primary N) is 2. The molecule has 0 radical (unpaired) electrons. The van der Waals surface area contributed by atoms with E-state index in [0.29, 0.717) is 0 Å². The molecule has 0 bridgehead atoms. The van der Waals surface area contributed by atoms with Crippen molar-refractivity contribution in [2.24, 2.45) is 11.5 Å². The molecule has 10 N–H and O–H groups in total. The number of hydrogen-bond donors (Lipinski definition) is 6. The van der Waals surface area contributed by atoms with Crippen molar-refractivity contribution in [2.75, 3.05) is 0 Å². The van der Waals surface area contributed by atoms with Gasteiger partial charge in [-0.1, -0.05) is 12.8 Å². The first-order valence-corrected chi connectivity index (χ1v) is 7.03. The van der Waals surface area contributed by atoms with Gasteiger partial charge in [-0.25, -0.2) is 0 Å². The molecule has 1 aliphatic carbocycles. The van der Waals surface area contributed by atoms with Crippen LogP contribution in [0.15, 0.2) is 0 Å². The van der Waals surface area contributed by atoms with Crippen molar-refractivity contribution in [3.8, 4) is 0 Å². The number of aliphatic carboxylic acids is 4. The number of hydrogen-bond acceptors (Lipinski definition) is 6.